The Balaban J connectivity index is 1.63. The van der Waals surface area contributed by atoms with E-state index in [2.05, 4.69) is 41.3 Å². The molecule has 1 saturated heterocycles. The maximum Gasteiger partial charge on any atom is 0.191 e. The number of nitrogens with zero attached hydrogens (tertiary/aromatic N) is 3. The average molecular weight is 352 g/mol. The lowest BCUT2D eigenvalue weighted by Crippen LogP contribution is -2.46. The fraction of sp³-hybridized carbons (Fsp3) is 0.950. The highest BCUT2D eigenvalue weighted by molar-refractivity contribution is 5.79. The molecule has 1 aliphatic carbocycles. The van der Waals surface area contributed by atoms with Crippen LogP contribution in [0.5, 0.6) is 0 Å². The van der Waals surface area contributed by atoms with Crippen LogP contribution in [0.3, 0.4) is 0 Å². The van der Waals surface area contributed by atoms with Crippen molar-refractivity contribution in [1.82, 2.24) is 20.4 Å². The van der Waals surface area contributed by atoms with E-state index < -0.39 is 0 Å². The molecule has 5 nitrogen and oxygen atoms in total. The fourth-order valence-corrected chi connectivity index (χ4v) is 4.01. The van der Waals surface area contributed by atoms with Crippen LogP contribution in [0.15, 0.2) is 4.99 Å². The largest absolute Gasteiger partial charge is 0.357 e. The Morgan fingerprint density at radius 3 is 2.52 bits per heavy atom. The molecule has 2 aliphatic rings. The predicted molar refractivity (Wildman–Crippen MR) is 108 cm³/mol. The van der Waals surface area contributed by atoms with Gasteiger partial charge in [0.1, 0.15) is 0 Å². The molecule has 2 rings (SSSR count). The molecule has 1 saturated carbocycles. The summed E-state index contributed by atoms with van der Waals surface area (Å²) in [7, 11) is 2.21. The first-order valence-corrected chi connectivity index (χ1v) is 10.6. The quantitative estimate of drug-likeness (QED) is 0.380. The van der Waals surface area contributed by atoms with Crippen molar-refractivity contribution in [3.63, 3.8) is 0 Å². The van der Waals surface area contributed by atoms with Crippen molar-refractivity contribution >= 4 is 5.96 Å². The van der Waals surface area contributed by atoms with Gasteiger partial charge in [0.05, 0.1) is 0 Å². The Kier molecular flexibility index (Phi) is 9.63. The molecule has 0 amide bonds. The lowest BCUT2D eigenvalue weighted by Gasteiger charge is -2.33. The highest BCUT2D eigenvalue weighted by atomic mass is 15.2. The van der Waals surface area contributed by atoms with Crippen LogP contribution < -0.4 is 10.6 Å². The van der Waals surface area contributed by atoms with Crippen molar-refractivity contribution in [2.24, 2.45) is 16.8 Å². The minimum Gasteiger partial charge on any atom is -0.357 e. The Bertz CT molecular complexity index is 370. The van der Waals surface area contributed by atoms with E-state index in [1.54, 1.807) is 0 Å². The molecular weight excluding hydrogens is 310 g/mol. The first-order valence-electron chi connectivity index (χ1n) is 10.6. The number of nitrogens with one attached hydrogen (secondary N) is 2. The first kappa shape index (κ1) is 20.5. The highest BCUT2D eigenvalue weighted by Crippen LogP contribution is 2.28. The van der Waals surface area contributed by atoms with Gasteiger partial charge in [-0.25, -0.2) is 0 Å². The fourth-order valence-electron chi connectivity index (χ4n) is 4.01. The van der Waals surface area contributed by atoms with E-state index in [-0.39, 0.29) is 0 Å². The maximum atomic E-state index is 4.82. The minimum absolute atomic E-state index is 0.609. The zero-order chi connectivity index (χ0) is 17.9. The van der Waals surface area contributed by atoms with Crippen molar-refractivity contribution in [3.8, 4) is 0 Å². The van der Waals surface area contributed by atoms with E-state index in [1.165, 1.54) is 71.2 Å². The van der Waals surface area contributed by atoms with E-state index >= 15 is 0 Å². The van der Waals surface area contributed by atoms with E-state index in [0.717, 1.165) is 31.5 Å². The third kappa shape index (κ3) is 8.41. The number of hydrogen-bond acceptors (Lipinski definition) is 3. The summed E-state index contributed by atoms with van der Waals surface area (Å²) < 4.78 is 0. The van der Waals surface area contributed by atoms with Crippen molar-refractivity contribution < 1.29 is 0 Å². The smallest absolute Gasteiger partial charge is 0.191 e. The van der Waals surface area contributed by atoms with Crippen molar-refractivity contribution in [1.29, 1.82) is 0 Å². The second kappa shape index (κ2) is 11.7. The summed E-state index contributed by atoms with van der Waals surface area (Å²) in [6, 6.07) is 0. The summed E-state index contributed by atoms with van der Waals surface area (Å²) in [6.07, 6.45) is 8.47. The van der Waals surface area contributed by atoms with Gasteiger partial charge in [0.2, 0.25) is 0 Å². The maximum absolute atomic E-state index is 4.82. The number of piperazine rings is 1. The summed E-state index contributed by atoms with van der Waals surface area (Å²) >= 11 is 0. The van der Waals surface area contributed by atoms with Gasteiger partial charge >= 0.3 is 0 Å². The van der Waals surface area contributed by atoms with Crippen LogP contribution in [0.1, 0.15) is 52.4 Å². The van der Waals surface area contributed by atoms with Gasteiger partial charge in [-0.15, -0.1) is 0 Å². The SMILES string of the molecule is CCNC(=NCC(C)CN1CCN(C)CC1)NCCCC1CCCC1. The number of guanidine groups is 1. The Hall–Kier alpha value is -0.810. The molecule has 1 unspecified atom stereocenters. The third-order valence-electron chi connectivity index (χ3n) is 5.63. The van der Waals surface area contributed by atoms with Gasteiger partial charge in [0.25, 0.3) is 0 Å². The molecule has 146 valence electrons. The molecule has 0 bridgehead atoms. The molecular formula is C20H41N5. The molecule has 2 N–H and O–H groups in total. The standard InChI is InChI=1S/C20H41N5/c1-4-21-20(22-11-7-10-19-8-5-6-9-19)23-16-18(2)17-25-14-12-24(3)13-15-25/h18-19H,4-17H2,1-3H3,(H2,21,22,23). The van der Waals surface area contributed by atoms with Crippen molar-refractivity contribution in [2.45, 2.75) is 52.4 Å². The molecule has 2 fully saturated rings. The zero-order valence-electron chi connectivity index (χ0n) is 16.9. The van der Waals surface area contributed by atoms with Crippen LogP contribution in [0.2, 0.25) is 0 Å². The van der Waals surface area contributed by atoms with Crippen LogP contribution in [-0.4, -0.2) is 75.2 Å². The van der Waals surface area contributed by atoms with Crippen molar-refractivity contribution in [3.05, 3.63) is 0 Å². The molecule has 0 aromatic heterocycles. The molecule has 0 aromatic carbocycles. The van der Waals surface area contributed by atoms with Gasteiger partial charge in [0, 0.05) is 52.4 Å². The topological polar surface area (TPSA) is 42.9 Å². The summed E-state index contributed by atoms with van der Waals surface area (Å²) in [4.78, 5) is 9.82. The van der Waals surface area contributed by atoms with Gasteiger partial charge in [-0.3, -0.25) is 4.99 Å². The molecule has 1 heterocycles. The molecule has 5 heteroatoms. The minimum atomic E-state index is 0.609. The van der Waals surface area contributed by atoms with E-state index in [4.69, 9.17) is 4.99 Å². The number of rotatable bonds is 9. The first-order chi connectivity index (χ1) is 12.2. The van der Waals surface area contributed by atoms with Crippen LogP contribution >= 0.6 is 0 Å². The van der Waals surface area contributed by atoms with Gasteiger partial charge in [-0.05, 0) is 38.6 Å². The average Bonchev–Trinajstić information content (AvgIpc) is 3.12. The molecule has 0 spiro atoms. The number of aliphatic imine (C=N–C) groups is 1. The predicted octanol–water partition coefficient (Wildman–Crippen LogP) is 2.40. The molecule has 0 radical (unpaired) electrons. The molecule has 25 heavy (non-hydrogen) atoms. The summed E-state index contributed by atoms with van der Waals surface area (Å²) in [5.74, 6) is 2.60. The van der Waals surface area contributed by atoms with Crippen LogP contribution in [0.4, 0.5) is 0 Å². The Morgan fingerprint density at radius 2 is 1.84 bits per heavy atom. The number of likely N-dealkylation sites (N-methyl/N-ethyl adjacent to an activating group) is 1. The molecule has 0 aromatic rings. The van der Waals surface area contributed by atoms with Gasteiger partial charge in [0.15, 0.2) is 5.96 Å². The van der Waals surface area contributed by atoms with E-state index in [1.807, 2.05) is 0 Å². The van der Waals surface area contributed by atoms with Gasteiger partial charge in [-0.1, -0.05) is 32.6 Å². The molecule has 1 aliphatic heterocycles. The lowest BCUT2D eigenvalue weighted by molar-refractivity contribution is 0.140. The Morgan fingerprint density at radius 1 is 1.12 bits per heavy atom. The highest BCUT2D eigenvalue weighted by Gasteiger charge is 2.16. The lowest BCUT2D eigenvalue weighted by atomic mass is 10.0. The van der Waals surface area contributed by atoms with Crippen LogP contribution in [0, 0.1) is 11.8 Å². The Labute approximate surface area is 155 Å². The van der Waals surface area contributed by atoms with Crippen LogP contribution in [-0.2, 0) is 0 Å². The second-order valence-electron chi connectivity index (χ2n) is 8.15. The van der Waals surface area contributed by atoms with E-state index in [9.17, 15) is 0 Å². The van der Waals surface area contributed by atoms with Gasteiger partial charge < -0.3 is 20.4 Å². The molecule has 1 atom stereocenters. The second-order valence-corrected chi connectivity index (χ2v) is 8.15. The monoisotopic (exact) mass is 351 g/mol. The normalized spacial score (nSPS) is 22.3. The third-order valence-corrected chi connectivity index (χ3v) is 5.63. The van der Waals surface area contributed by atoms with Crippen LogP contribution in [0.25, 0.3) is 0 Å². The van der Waals surface area contributed by atoms with Crippen molar-refractivity contribution in [2.75, 3.05) is 59.4 Å². The number of hydrogen-bond donors (Lipinski definition) is 2. The van der Waals surface area contributed by atoms with E-state index in [0.29, 0.717) is 5.92 Å². The van der Waals surface area contributed by atoms with Gasteiger partial charge in [-0.2, -0.15) is 0 Å². The summed E-state index contributed by atoms with van der Waals surface area (Å²) in [6.45, 7) is 13.3. The summed E-state index contributed by atoms with van der Waals surface area (Å²) in [5, 5.41) is 6.92. The zero-order valence-corrected chi connectivity index (χ0v) is 16.9. The summed E-state index contributed by atoms with van der Waals surface area (Å²) in [5.41, 5.74) is 0.